The Hall–Kier alpha value is -2.13. The molecule has 0 aromatic heterocycles. The van der Waals surface area contributed by atoms with E-state index < -0.39 is 0 Å². The summed E-state index contributed by atoms with van der Waals surface area (Å²) in [5.74, 6) is -0.169. The van der Waals surface area contributed by atoms with E-state index in [2.05, 4.69) is 15.9 Å². The fraction of sp³-hybridized carbons (Fsp3) is 0. The molecule has 0 saturated carbocycles. The Bertz CT molecular complexity index is 792. The molecular weight excluding hydrogens is 316 g/mol. The van der Waals surface area contributed by atoms with Gasteiger partial charge in [-0.25, -0.2) is 0 Å². The number of ketones is 1. The molecule has 3 aromatic carbocycles. The lowest BCUT2D eigenvalue weighted by Gasteiger charge is -2.06. The van der Waals surface area contributed by atoms with Crippen molar-refractivity contribution in [3.63, 3.8) is 0 Å². The van der Waals surface area contributed by atoms with Crippen molar-refractivity contribution in [2.45, 2.75) is 0 Å². The van der Waals surface area contributed by atoms with Crippen LogP contribution < -0.4 is 0 Å². The van der Waals surface area contributed by atoms with Crippen molar-refractivity contribution in [2.75, 3.05) is 0 Å². The standard InChI is InChI=1S/C17H11BrO2/c18-14-7-5-11(6-8-14)17(20)15-9-12-3-1-2-4-13(12)10-16(15)19/h1-10,19H. The van der Waals surface area contributed by atoms with Gasteiger partial charge in [-0.05, 0) is 47.2 Å². The van der Waals surface area contributed by atoms with E-state index in [9.17, 15) is 9.90 Å². The van der Waals surface area contributed by atoms with Crippen molar-refractivity contribution in [3.8, 4) is 5.75 Å². The van der Waals surface area contributed by atoms with E-state index in [1.54, 1.807) is 24.3 Å². The van der Waals surface area contributed by atoms with Gasteiger partial charge in [-0.3, -0.25) is 4.79 Å². The molecular formula is C17H11BrO2. The Balaban J connectivity index is 2.11. The van der Waals surface area contributed by atoms with Gasteiger partial charge in [-0.15, -0.1) is 0 Å². The summed E-state index contributed by atoms with van der Waals surface area (Å²) in [6.45, 7) is 0. The third-order valence-electron chi connectivity index (χ3n) is 3.22. The number of carbonyl (C=O) groups is 1. The first-order valence-corrected chi connectivity index (χ1v) is 6.96. The lowest BCUT2D eigenvalue weighted by molar-refractivity contribution is 0.103. The number of benzene rings is 3. The van der Waals surface area contributed by atoms with Crippen LogP contribution in [0.4, 0.5) is 0 Å². The molecule has 1 N–H and O–H groups in total. The van der Waals surface area contributed by atoms with Crippen LogP contribution in [0.15, 0.2) is 65.1 Å². The summed E-state index contributed by atoms with van der Waals surface area (Å²) in [5.41, 5.74) is 0.879. The molecule has 2 nitrogen and oxygen atoms in total. The van der Waals surface area contributed by atoms with E-state index in [0.29, 0.717) is 11.1 Å². The van der Waals surface area contributed by atoms with Crippen LogP contribution >= 0.6 is 15.9 Å². The van der Waals surface area contributed by atoms with Gasteiger partial charge in [-0.1, -0.05) is 40.2 Å². The normalized spacial score (nSPS) is 10.7. The van der Waals surface area contributed by atoms with E-state index in [4.69, 9.17) is 0 Å². The summed E-state index contributed by atoms with van der Waals surface area (Å²) in [4.78, 5) is 12.4. The third kappa shape index (κ3) is 2.32. The van der Waals surface area contributed by atoms with Crippen LogP contribution in [-0.4, -0.2) is 10.9 Å². The van der Waals surface area contributed by atoms with Gasteiger partial charge in [0.05, 0.1) is 5.56 Å². The molecule has 0 bridgehead atoms. The minimum absolute atomic E-state index is 0.0108. The fourth-order valence-electron chi connectivity index (χ4n) is 2.17. The van der Waals surface area contributed by atoms with Crippen molar-refractivity contribution in [3.05, 3.63) is 76.3 Å². The van der Waals surface area contributed by atoms with E-state index in [1.165, 1.54) is 0 Å². The van der Waals surface area contributed by atoms with Crippen LogP contribution in [0.5, 0.6) is 5.75 Å². The molecule has 0 radical (unpaired) electrons. The number of phenolic OH excluding ortho intramolecular Hbond substituents is 1. The first-order chi connectivity index (χ1) is 9.65. The summed E-state index contributed by atoms with van der Waals surface area (Å²) < 4.78 is 0.914. The summed E-state index contributed by atoms with van der Waals surface area (Å²) in [6.07, 6.45) is 0. The molecule has 0 spiro atoms. The highest BCUT2D eigenvalue weighted by Gasteiger charge is 2.14. The smallest absolute Gasteiger partial charge is 0.196 e. The average Bonchev–Trinajstić information content (AvgIpc) is 2.46. The topological polar surface area (TPSA) is 37.3 Å². The molecule has 0 amide bonds. The van der Waals surface area contributed by atoms with Gasteiger partial charge in [0.25, 0.3) is 0 Å². The predicted octanol–water partition coefficient (Wildman–Crippen LogP) is 4.54. The second kappa shape index (κ2) is 5.10. The maximum Gasteiger partial charge on any atom is 0.196 e. The summed E-state index contributed by atoms with van der Waals surface area (Å²) >= 11 is 3.34. The van der Waals surface area contributed by atoms with Crippen molar-refractivity contribution in [2.24, 2.45) is 0 Å². The van der Waals surface area contributed by atoms with Gasteiger partial charge in [0, 0.05) is 10.0 Å². The van der Waals surface area contributed by atoms with Gasteiger partial charge in [-0.2, -0.15) is 0 Å². The molecule has 3 heteroatoms. The zero-order valence-electron chi connectivity index (χ0n) is 10.5. The monoisotopic (exact) mass is 326 g/mol. The first kappa shape index (κ1) is 12.9. The van der Waals surface area contributed by atoms with Crippen LogP contribution in [-0.2, 0) is 0 Å². The highest BCUT2D eigenvalue weighted by atomic mass is 79.9. The van der Waals surface area contributed by atoms with Crippen molar-refractivity contribution in [1.29, 1.82) is 0 Å². The number of hydrogen-bond acceptors (Lipinski definition) is 2. The number of rotatable bonds is 2. The molecule has 20 heavy (non-hydrogen) atoms. The predicted molar refractivity (Wildman–Crippen MR) is 83.2 cm³/mol. The summed E-state index contributed by atoms with van der Waals surface area (Å²) in [7, 11) is 0. The highest BCUT2D eigenvalue weighted by Crippen LogP contribution is 2.27. The minimum Gasteiger partial charge on any atom is -0.507 e. The van der Waals surface area contributed by atoms with E-state index in [-0.39, 0.29) is 11.5 Å². The van der Waals surface area contributed by atoms with Crippen molar-refractivity contribution >= 4 is 32.5 Å². The van der Waals surface area contributed by atoms with Gasteiger partial charge in [0.1, 0.15) is 5.75 Å². The van der Waals surface area contributed by atoms with Crippen LogP contribution in [0.2, 0.25) is 0 Å². The Labute approximate surface area is 124 Å². The minimum atomic E-state index is -0.180. The van der Waals surface area contributed by atoms with Crippen LogP contribution in [0.25, 0.3) is 10.8 Å². The van der Waals surface area contributed by atoms with Gasteiger partial charge in [0.15, 0.2) is 5.78 Å². The van der Waals surface area contributed by atoms with Crippen molar-refractivity contribution in [1.82, 2.24) is 0 Å². The lowest BCUT2D eigenvalue weighted by atomic mass is 9.99. The molecule has 0 saturated heterocycles. The summed E-state index contributed by atoms with van der Waals surface area (Å²) in [6, 6.07) is 18.1. The molecule has 3 rings (SSSR count). The number of halogens is 1. The third-order valence-corrected chi connectivity index (χ3v) is 3.74. The average molecular weight is 327 g/mol. The molecule has 0 heterocycles. The van der Waals surface area contributed by atoms with Crippen LogP contribution in [0.1, 0.15) is 15.9 Å². The van der Waals surface area contributed by atoms with Gasteiger partial charge in [0.2, 0.25) is 0 Å². The Morgan fingerprint density at radius 3 is 2.15 bits per heavy atom. The van der Waals surface area contributed by atoms with Crippen LogP contribution in [0, 0.1) is 0 Å². The molecule has 0 aliphatic rings. The first-order valence-electron chi connectivity index (χ1n) is 6.17. The maximum atomic E-state index is 12.4. The molecule has 0 fully saturated rings. The second-order valence-electron chi connectivity index (χ2n) is 4.55. The van der Waals surface area contributed by atoms with E-state index in [1.807, 2.05) is 36.4 Å². The number of carbonyl (C=O) groups excluding carboxylic acids is 1. The molecule has 3 aromatic rings. The fourth-order valence-corrected chi connectivity index (χ4v) is 2.43. The second-order valence-corrected chi connectivity index (χ2v) is 5.47. The summed E-state index contributed by atoms with van der Waals surface area (Å²) in [5, 5.41) is 11.9. The Morgan fingerprint density at radius 2 is 1.50 bits per heavy atom. The number of aromatic hydroxyl groups is 1. The number of hydrogen-bond donors (Lipinski definition) is 1. The largest absolute Gasteiger partial charge is 0.507 e. The number of phenols is 1. The zero-order chi connectivity index (χ0) is 14.1. The van der Waals surface area contributed by atoms with Gasteiger partial charge < -0.3 is 5.11 Å². The quantitative estimate of drug-likeness (QED) is 0.702. The van der Waals surface area contributed by atoms with Gasteiger partial charge >= 0.3 is 0 Å². The van der Waals surface area contributed by atoms with Crippen LogP contribution in [0.3, 0.4) is 0 Å². The van der Waals surface area contributed by atoms with E-state index >= 15 is 0 Å². The Kier molecular flexibility index (Phi) is 3.28. The molecule has 98 valence electrons. The van der Waals surface area contributed by atoms with E-state index in [0.717, 1.165) is 15.2 Å². The lowest BCUT2D eigenvalue weighted by Crippen LogP contribution is -2.01. The molecule has 0 unspecified atom stereocenters. The molecule has 0 atom stereocenters. The maximum absolute atomic E-state index is 12.4. The highest BCUT2D eigenvalue weighted by molar-refractivity contribution is 9.10. The van der Waals surface area contributed by atoms with Crippen molar-refractivity contribution < 1.29 is 9.90 Å². The Morgan fingerprint density at radius 1 is 0.900 bits per heavy atom. The molecule has 0 aliphatic carbocycles. The zero-order valence-corrected chi connectivity index (χ0v) is 12.1. The SMILES string of the molecule is O=C(c1ccc(Br)cc1)c1cc2ccccc2cc1O. The number of fused-ring (bicyclic) bond motifs is 1. The molecule has 0 aliphatic heterocycles.